The molecule has 0 aliphatic rings. The Morgan fingerprint density at radius 1 is 1.00 bits per heavy atom. The fourth-order valence-corrected chi connectivity index (χ4v) is 1.82. The zero-order valence-electron chi connectivity index (χ0n) is 12.2. The first kappa shape index (κ1) is 19.0. The number of hydrogen-bond acceptors (Lipinski definition) is 3. The van der Waals surface area contributed by atoms with Crippen molar-refractivity contribution in [2.24, 2.45) is 9.98 Å². The molecule has 1 N–H and O–H groups in total. The molecular formula is C17H16Cl2FN3. The number of rotatable bonds is 6. The van der Waals surface area contributed by atoms with Crippen molar-refractivity contribution in [3.05, 3.63) is 70.5 Å². The van der Waals surface area contributed by atoms with E-state index >= 15 is 0 Å². The van der Waals surface area contributed by atoms with Crippen LogP contribution in [0.1, 0.15) is 11.1 Å². The second-order valence-corrected chi connectivity index (χ2v) is 5.05. The maximum absolute atomic E-state index is 13.4. The predicted octanol–water partition coefficient (Wildman–Crippen LogP) is 4.46. The van der Waals surface area contributed by atoms with Crippen molar-refractivity contribution in [3.8, 4) is 0 Å². The summed E-state index contributed by atoms with van der Waals surface area (Å²) in [4.78, 5) is 8.23. The van der Waals surface area contributed by atoms with Crippen LogP contribution in [0.2, 0.25) is 5.02 Å². The Morgan fingerprint density at radius 2 is 1.61 bits per heavy atom. The van der Waals surface area contributed by atoms with E-state index in [1.54, 1.807) is 36.5 Å². The largest absolute Gasteiger partial charge is 0.306 e. The Morgan fingerprint density at radius 3 is 2.26 bits per heavy atom. The lowest BCUT2D eigenvalue weighted by Crippen LogP contribution is -2.06. The molecule has 0 bridgehead atoms. The van der Waals surface area contributed by atoms with E-state index in [0.717, 1.165) is 5.56 Å². The summed E-state index contributed by atoms with van der Waals surface area (Å²) < 4.78 is 13.4. The molecule has 0 unspecified atom stereocenters. The molecule has 2 aromatic rings. The van der Waals surface area contributed by atoms with Gasteiger partial charge in [0.2, 0.25) is 0 Å². The van der Waals surface area contributed by atoms with Gasteiger partial charge in [-0.3, -0.25) is 9.98 Å². The number of nitrogens with zero attached hydrogens (tertiary/aromatic N) is 2. The van der Waals surface area contributed by atoms with Crippen LogP contribution in [0.25, 0.3) is 0 Å². The lowest BCUT2D eigenvalue weighted by atomic mass is 10.2. The molecule has 2 aromatic carbocycles. The van der Waals surface area contributed by atoms with E-state index in [9.17, 15) is 4.39 Å². The number of nitrogens with one attached hydrogen (secondary N) is 1. The molecule has 3 nitrogen and oxygen atoms in total. The van der Waals surface area contributed by atoms with Crippen molar-refractivity contribution in [1.82, 2.24) is 0 Å². The van der Waals surface area contributed by atoms with Gasteiger partial charge in [0.05, 0.1) is 18.8 Å². The van der Waals surface area contributed by atoms with Crippen LogP contribution in [-0.2, 0) is 0 Å². The van der Waals surface area contributed by atoms with E-state index in [2.05, 4.69) is 9.98 Å². The van der Waals surface area contributed by atoms with Crippen LogP contribution < -0.4 is 0 Å². The predicted molar refractivity (Wildman–Crippen MR) is 97.7 cm³/mol. The summed E-state index contributed by atoms with van der Waals surface area (Å²) in [7, 11) is 0. The highest BCUT2D eigenvalue weighted by Crippen LogP contribution is 2.07. The lowest BCUT2D eigenvalue weighted by molar-refractivity contribution is 0.626. The summed E-state index contributed by atoms with van der Waals surface area (Å²) in [5.41, 5.74) is 1.70. The molecule has 2 rings (SSSR count). The van der Waals surface area contributed by atoms with Gasteiger partial charge in [-0.2, -0.15) is 0 Å². The van der Waals surface area contributed by atoms with E-state index in [-0.39, 0.29) is 31.3 Å². The monoisotopic (exact) mass is 351 g/mol. The molecule has 0 heterocycles. The molecule has 0 spiro atoms. The molecule has 0 amide bonds. The second kappa shape index (κ2) is 9.87. The van der Waals surface area contributed by atoms with E-state index < -0.39 is 0 Å². The summed E-state index contributed by atoms with van der Waals surface area (Å²) in [5.74, 6) is -0.321. The van der Waals surface area contributed by atoms with E-state index in [4.69, 9.17) is 17.0 Å². The van der Waals surface area contributed by atoms with Crippen LogP contribution in [0.5, 0.6) is 0 Å². The van der Waals surface area contributed by atoms with Gasteiger partial charge in [0.1, 0.15) is 5.82 Å². The topological polar surface area (TPSA) is 48.6 Å². The average Bonchev–Trinajstić information content (AvgIpc) is 2.51. The Hall–Kier alpha value is -2.04. The average molecular weight is 352 g/mol. The van der Waals surface area contributed by atoms with Gasteiger partial charge < -0.3 is 5.41 Å². The third-order valence-corrected chi connectivity index (χ3v) is 3.06. The second-order valence-electron chi connectivity index (χ2n) is 4.62. The molecular weight excluding hydrogens is 336 g/mol. The Bertz CT molecular complexity index is 697. The van der Waals surface area contributed by atoms with Crippen molar-refractivity contribution in [2.45, 2.75) is 0 Å². The van der Waals surface area contributed by atoms with Gasteiger partial charge in [-0.25, -0.2) is 4.39 Å². The summed E-state index contributed by atoms with van der Waals surface area (Å²) in [6.07, 6.45) is 3.12. The third-order valence-electron chi connectivity index (χ3n) is 2.81. The summed E-state index contributed by atoms with van der Waals surface area (Å²) in [6, 6.07) is 13.7. The molecule has 6 heteroatoms. The van der Waals surface area contributed by atoms with Crippen LogP contribution in [0.3, 0.4) is 0 Å². The van der Waals surface area contributed by atoms with Gasteiger partial charge in [0.25, 0.3) is 0 Å². The van der Waals surface area contributed by atoms with Gasteiger partial charge in [0.15, 0.2) is 0 Å². The van der Waals surface area contributed by atoms with Crippen molar-refractivity contribution in [3.63, 3.8) is 0 Å². The first-order chi connectivity index (χ1) is 10.6. The third kappa shape index (κ3) is 6.72. The smallest absolute Gasteiger partial charge is 0.131 e. The van der Waals surface area contributed by atoms with Crippen molar-refractivity contribution in [2.75, 3.05) is 13.1 Å². The number of aliphatic imine (C=N–C) groups is 2. The molecule has 0 radical (unpaired) electrons. The SMILES string of the molecule is Cl.N=C(CN=Cc1ccc(Cl)cc1)CN=Cc1ccccc1F. The molecule has 0 atom stereocenters. The first-order valence-corrected chi connectivity index (χ1v) is 7.09. The lowest BCUT2D eigenvalue weighted by Gasteiger charge is -1.97. The minimum absolute atomic E-state index is 0. The quantitative estimate of drug-likeness (QED) is 0.747. The molecule has 120 valence electrons. The summed E-state index contributed by atoms with van der Waals surface area (Å²) in [6.45, 7) is 0.462. The minimum Gasteiger partial charge on any atom is -0.306 e. The molecule has 0 saturated heterocycles. The van der Waals surface area contributed by atoms with Gasteiger partial charge in [0, 0.05) is 23.0 Å². The molecule has 0 fully saturated rings. The van der Waals surface area contributed by atoms with Gasteiger partial charge in [-0.1, -0.05) is 41.9 Å². The first-order valence-electron chi connectivity index (χ1n) is 6.71. The zero-order chi connectivity index (χ0) is 15.8. The Kier molecular flexibility index (Phi) is 8.16. The molecule has 23 heavy (non-hydrogen) atoms. The summed E-state index contributed by atoms with van der Waals surface area (Å²) in [5, 5.41) is 8.44. The number of hydrogen-bond donors (Lipinski definition) is 1. The highest BCUT2D eigenvalue weighted by atomic mass is 35.5. The van der Waals surface area contributed by atoms with Crippen molar-refractivity contribution >= 4 is 42.1 Å². The van der Waals surface area contributed by atoms with Crippen molar-refractivity contribution < 1.29 is 4.39 Å². The highest BCUT2D eigenvalue weighted by Gasteiger charge is 1.97. The van der Waals surface area contributed by atoms with E-state index in [1.807, 2.05) is 12.1 Å². The normalized spacial score (nSPS) is 10.9. The fraction of sp³-hybridized carbons (Fsp3) is 0.118. The van der Waals surface area contributed by atoms with Crippen LogP contribution >= 0.6 is 24.0 Å². The maximum Gasteiger partial charge on any atom is 0.131 e. The number of halogens is 3. The van der Waals surface area contributed by atoms with Gasteiger partial charge >= 0.3 is 0 Å². The minimum atomic E-state index is -0.321. The van der Waals surface area contributed by atoms with Crippen LogP contribution in [0.4, 0.5) is 4.39 Å². The zero-order valence-corrected chi connectivity index (χ0v) is 13.8. The van der Waals surface area contributed by atoms with Gasteiger partial charge in [-0.05, 0) is 23.8 Å². The molecule has 0 aromatic heterocycles. The number of benzene rings is 2. The highest BCUT2D eigenvalue weighted by molar-refractivity contribution is 6.30. The van der Waals surface area contributed by atoms with Crippen molar-refractivity contribution in [1.29, 1.82) is 5.41 Å². The molecule has 0 aliphatic carbocycles. The standard InChI is InChI=1S/C17H15ClFN3.ClH/c18-15-7-5-13(6-8-15)9-21-11-16(20)12-22-10-14-3-1-2-4-17(14)19;/h1-10,20H,11-12H2;1H. The van der Waals surface area contributed by atoms with Crippen LogP contribution in [0, 0.1) is 11.2 Å². The summed E-state index contributed by atoms with van der Waals surface area (Å²) >= 11 is 5.79. The fourth-order valence-electron chi connectivity index (χ4n) is 1.69. The van der Waals surface area contributed by atoms with Crippen LogP contribution in [0.15, 0.2) is 58.5 Å². The van der Waals surface area contributed by atoms with Crippen LogP contribution in [-0.4, -0.2) is 31.2 Å². The van der Waals surface area contributed by atoms with Gasteiger partial charge in [-0.15, -0.1) is 12.4 Å². The van der Waals surface area contributed by atoms with E-state index in [1.165, 1.54) is 12.3 Å². The Balaban J connectivity index is 0.00000264. The molecule has 0 saturated carbocycles. The molecule has 0 aliphatic heterocycles. The maximum atomic E-state index is 13.4. The van der Waals surface area contributed by atoms with E-state index in [0.29, 0.717) is 16.3 Å². The Labute approximate surface area is 145 Å².